The summed E-state index contributed by atoms with van der Waals surface area (Å²) in [5.74, 6) is 0. The molecule has 1 nitrogen and oxygen atoms in total. The summed E-state index contributed by atoms with van der Waals surface area (Å²) in [5, 5.41) is 1.09. The topological polar surface area (TPSA) is 12.9 Å². The van der Waals surface area contributed by atoms with Crippen LogP contribution in [0.2, 0.25) is 0 Å². The minimum absolute atomic E-state index is 1.05. The van der Waals surface area contributed by atoms with Gasteiger partial charge in [-0.25, -0.2) is 4.98 Å². The monoisotopic (exact) mass is 267 g/mol. The quantitative estimate of drug-likeness (QED) is 0.755. The van der Waals surface area contributed by atoms with Crippen molar-refractivity contribution in [2.24, 2.45) is 0 Å². The van der Waals surface area contributed by atoms with Gasteiger partial charge in [-0.2, -0.15) is 0 Å². The standard InChI is InChI=1S/C11H10BrNS/c1-7-4-3-5-9(6-7)10-11(12)14-8(2)13-10/h3-6H,1-2H3. The summed E-state index contributed by atoms with van der Waals surface area (Å²) in [6, 6.07) is 8.40. The van der Waals surface area contributed by atoms with E-state index in [9.17, 15) is 0 Å². The predicted molar refractivity (Wildman–Crippen MR) is 64.7 cm³/mol. The van der Waals surface area contributed by atoms with E-state index in [1.54, 1.807) is 11.3 Å². The van der Waals surface area contributed by atoms with Gasteiger partial charge in [-0.3, -0.25) is 0 Å². The molecule has 0 aliphatic heterocycles. The Morgan fingerprint density at radius 3 is 2.64 bits per heavy atom. The lowest BCUT2D eigenvalue weighted by atomic mass is 10.1. The van der Waals surface area contributed by atoms with Crippen LogP contribution < -0.4 is 0 Å². The molecule has 72 valence electrons. The van der Waals surface area contributed by atoms with Crippen LogP contribution in [0, 0.1) is 13.8 Å². The molecule has 1 heterocycles. The number of halogens is 1. The number of hydrogen-bond acceptors (Lipinski definition) is 2. The van der Waals surface area contributed by atoms with Crippen molar-refractivity contribution < 1.29 is 0 Å². The number of rotatable bonds is 1. The number of thiazole rings is 1. The Hall–Kier alpha value is -0.670. The van der Waals surface area contributed by atoms with Crippen molar-refractivity contribution in [3.63, 3.8) is 0 Å². The first-order valence-corrected chi connectivity index (χ1v) is 5.98. The van der Waals surface area contributed by atoms with E-state index in [4.69, 9.17) is 0 Å². The molecule has 0 atom stereocenters. The van der Waals surface area contributed by atoms with Crippen LogP contribution in [0.5, 0.6) is 0 Å². The van der Waals surface area contributed by atoms with E-state index < -0.39 is 0 Å². The van der Waals surface area contributed by atoms with Gasteiger partial charge in [0, 0.05) is 5.56 Å². The molecule has 3 heteroatoms. The number of hydrogen-bond donors (Lipinski definition) is 0. The van der Waals surface area contributed by atoms with E-state index in [0.29, 0.717) is 0 Å². The molecule has 0 saturated carbocycles. The van der Waals surface area contributed by atoms with Crippen LogP contribution >= 0.6 is 27.3 Å². The second-order valence-corrected chi connectivity index (χ2v) is 5.75. The summed E-state index contributed by atoms with van der Waals surface area (Å²) in [5.41, 5.74) is 3.50. The number of aromatic nitrogens is 1. The van der Waals surface area contributed by atoms with Crippen molar-refractivity contribution in [3.8, 4) is 11.3 Å². The lowest BCUT2D eigenvalue weighted by Crippen LogP contribution is -1.80. The molecule has 0 amide bonds. The summed E-state index contributed by atoms with van der Waals surface area (Å²) in [6.45, 7) is 4.12. The Bertz CT molecular complexity index is 462. The molecule has 0 N–H and O–H groups in total. The minimum Gasteiger partial charge on any atom is -0.240 e. The fourth-order valence-electron chi connectivity index (χ4n) is 1.37. The summed E-state index contributed by atoms with van der Waals surface area (Å²) in [7, 11) is 0. The largest absolute Gasteiger partial charge is 0.240 e. The molecule has 2 aromatic rings. The average Bonchev–Trinajstić information content (AvgIpc) is 2.45. The maximum Gasteiger partial charge on any atom is 0.0979 e. The molecule has 0 bridgehead atoms. The third-order valence-corrected chi connectivity index (χ3v) is 3.60. The number of aryl methyl sites for hydroxylation is 2. The minimum atomic E-state index is 1.05. The SMILES string of the molecule is Cc1cccc(-c2nc(C)sc2Br)c1. The summed E-state index contributed by atoms with van der Waals surface area (Å²) >= 11 is 5.21. The first kappa shape index (κ1) is 9.87. The second kappa shape index (κ2) is 3.83. The molecule has 0 aliphatic carbocycles. The van der Waals surface area contributed by atoms with Gasteiger partial charge in [-0.15, -0.1) is 11.3 Å². The van der Waals surface area contributed by atoms with Crippen LogP contribution in [0.3, 0.4) is 0 Å². The van der Waals surface area contributed by atoms with E-state index in [0.717, 1.165) is 14.5 Å². The molecular weight excluding hydrogens is 258 g/mol. The zero-order valence-corrected chi connectivity index (χ0v) is 10.4. The van der Waals surface area contributed by atoms with Crippen LogP contribution in [-0.4, -0.2) is 4.98 Å². The van der Waals surface area contributed by atoms with Crippen LogP contribution in [-0.2, 0) is 0 Å². The second-order valence-electron chi connectivity index (χ2n) is 3.22. The predicted octanol–water partition coefficient (Wildman–Crippen LogP) is 4.19. The molecule has 0 aliphatic rings. The number of benzene rings is 1. The Morgan fingerprint density at radius 2 is 2.07 bits per heavy atom. The van der Waals surface area contributed by atoms with Crippen LogP contribution in [0.25, 0.3) is 11.3 Å². The van der Waals surface area contributed by atoms with Gasteiger partial charge < -0.3 is 0 Å². The highest BCUT2D eigenvalue weighted by molar-refractivity contribution is 9.11. The average molecular weight is 268 g/mol. The molecular formula is C11H10BrNS. The molecule has 2 rings (SSSR count). The molecule has 1 aromatic carbocycles. The van der Waals surface area contributed by atoms with Gasteiger partial charge in [0.15, 0.2) is 0 Å². The highest BCUT2D eigenvalue weighted by atomic mass is 79.9. The Morgan fingerprint density at radius 1 is 1.29 bits per heavy atom. The van der Waals surface area contributed by atoms with Crippen molar-refractivity contribution in [1.82, 2.24) is 4.98 Å². The maximum absolute atomic E-state index is 4.49. The van der Waals surface area contributed by atoms with Gasteiger partial charge in [-0.1, -0.05) is 23.8 Å². The summed E-state index contributed by atoms with van der Waals surface area (Å²) < 4.78 is 1.11. The highest BCUT2D eigenvalue weighted by Crippen LogP contribution is 2.32. The summed E-state index contributed by atoms with van der Waals surface area (Å²) in [6.07, 6.45) is 0. The molecule has 0 fully saturated rings. The summed E-state index contributed by atoms with van der Waals surface area (Å²) in [4.78, 5) is 4.49. The van der Waals surface area contributed by atoms with Gasteiger partial charge in [0.25, 0.3) is 0 Å². The van der Waals surface area contributed by atoms with Gasteiger partial charge in [-0.05, 0) is 35.8 Å². The van der Waals surface area contributed by atoms with E-state index in [1.165, 1.54) is 11.1 Å². The van der Waals surface area contributed by atoms with Gasteiger partial charge in [0.1, 0.15) is 0 Å². The third kappa shape index (κ3) is 1.88. The first-order chi connectivity index (χ1) is 6.66. The molecule has 0 radical (unpaired) electrons. The zero-order chi connectivity index (χ0) is 10.1. The smallest absolute Gasteiger partial charge is 0.0979 e. The number of nitrogens with zero attached hydrogens (tertiary/aromatic N) is 1. The maximum atomic E-state index is 4.49. The van der Waals surface area contributed by atoms with Crippen molar-refractivity contribution in [2.45, 2.75) is 13.8 Å². The van der Waals surface area contributed by atoms with Gasteiger partial charge >= 0.3 is 0 Å². The van der Waals surface area contributed by atoms with E-state index in [2.05, 4.69) is 52.1 Å². The molecule has 1 aromatic heterocycles. The van der Waals surface area contributed by atoms with Gasteiger partial charge in [0.2, 0.25) is 0 Å². The fourth-order valence-corrected chi connectivity index (χ4v) is 3.05. The fraction of sp³-hybridized carbons (Fsp3) is 0.182. The van der Waals surface area contributed by atoms with Gasteiger partial charge in [0.05, 0.1) is 14.5 Å². The van der Waals surface area contributed by atoms with E-state index in [1.807, 2.05) is 6.92 Å². The van der Waals surface area contributed by atoms with E-state index >= 15 is 0 Å². The molecule has 0 saturated heterocycles. The van der Waals surface area contributed by atoms with Crippen molar-refractivity contribution >= 4 is 27.3 Å². The van der Waals surface area contributed by atoms with Crippen LogP contribution in [0.15, 0.2) is 28.1 Å². The van der Waals surface area contributed by atoms with Crippen molar-refractivity contribution in [3.05, 3.63) is 38.6 Å². The lowest BCUT2D eigenvalue weighted by Gasteiger charge is -1.98. The Labute approximate surface area is 95.9 Å². The first-order valence-electron chi connectivity index (χ1n) is 4.37. The third-order valence-electron chi connectivity index (χ3n) is 1.98. The highest BCUT2D eigenvalue weighted by Gasteiger charge is 2.08. The van der Waals surface area contributed by atoms with E-state index in [-0.39, 0.29) is 0 Å². The lowest BCUT2D eigenvalue weighted by molar-refractivity contribution is 1.29. The van der Waals surface area contributed by atoms with Crippen LogP contribution in [0.4, 0.5) is 0 Å². The zero-order valence-electron chi connectivity index (χ0n) is 8.04. The normalized spacial score (nSPS) is 10.5. The molecule has 0 spiro atoms. The van der Waals surface area contributed by atoms with Crippen molar-refractivity contribution in [2.75, 3.05) is 0 Å². The molecule has 14 heavy (non-hydrogen) atoms. The van der Waals surface area contributed by atoms with Crippen molar-refractivity contribution in [1.29, 1.82) is 0 Å². The Kier molecular flexibility index (Phi) is 2.70. The Balaban J connectivity index is 2.54. The van der Waals surface area contributed by atoms with Crippen LogP contribution in [0.1, 0.15) is 10.6 Å². The molecule has 0 unspecified atom stereocenters.